The van der Waals surface area contributed by atoms with E-state index in [1.54, 1.807) is 26.3 Å². The summed E-state index contributed by atoms with van der Waals surface area (Å²) in [5, 5.41) is 0.457. The summed E-state index contributed by atoms with van der Waals surface area (Å²) in [7, 11) is 4.50. The molecule has 1 amide bonds. The van der Waals surface area contributed by atoms with Crippen LogP contribution < -0.4 is 9.64 Å². The van der Waals surface area contributed by atoms with Crippen LogP contribution in [0.3, 0.4) is 0 Å². The summed E-state index contributed by atoms with van der Waals surface area (Å²) in [6.07, 6.45) is -0.440. The van der Waals surface area contributed by atoms with Crippen LogP contribution in [-0.4, -0.2) is 27.4 Å². The first-order chi connectivity index (χ1) is 7.51. The van der Waals surface area contributed by atoms with Crippen molar-refractivity contribution < 1.29 is 14.3 Å². The monoisotopic (exact) mass is 243 g/mol. The van der Waals surface area contributed by atoms with Crippen molar-refractivity contribution in [3.8, 4) is 5.75 Å². The van der Waals surface area contributed by atoms with Crippen molar-refractivity contribution in [3.05, 3.63) is 22.7 Å². The molecule has 0 aromatic heterocycles. The van der Waals surface area contributed by atoms with E-state index in [1.807, 2.05) is 6.92 Å². The number of methoxy groups -OCH3 is 2. The van der Waals surface area contributed by atoms with Gasteiger partial charge in [0.2, 0.25) is 0 Å². The molecule has 1 aromatic rings. The Morgan fingerprint density at radius 3 is 2.50 bits per heavy atom. The van der Waals surface area contributed by atoms with Crippen molar-refractivity contribution in [1.82, 2.24) is 0 Å². The van der Waals surface area contributed by atoms with Gasteiger partial charge < -0.3 is 9.47 Å². The molecule has 1 aromatic carbocycles. The van der Waals surface area contributed by atoms with E-state index >= 15 is 0 Å². The minimum atomic E-state index is -0.440. The molecule has 0 bridgehead atoms. The van der Waals surface area contributed by atoms with E-state index in [9.17, 15) is 4.79 Å². The van der Waals surface area contributed by atoms with Gasteiger partial charge in [-0.05, 0) is 24.6 Å². The average Bonchev–Trinajstić information content (AvgIpc) is 2.29. The molecule has 0 N–H and O–H groups in total. The lowest BCUT2D eigenvalue weighted by Crippen LogP contribution is -2.26. The first-order valence-electron chi connectivity index (χ1n) is 4.67. The third-order valence-electron chi connectivity index (χ3n) is 2.28. The molecule has 0 spiro atoms. The van der Waals surface area contributed by atoms with Crippen LogP contribution in [0.5, 0.6) is 5.75 Å². The number of carbonyl (C=O) groups is 1. The third-order valence-corrected chi connectivity index (χ3v) is 2.58. The number of carbonyl (C=O) groups excluding carboxylic acids is 1. The molecule has 0 unspecified atom stereocenters. The highest BCUT2D eigenvalue weighted by Crippen LogP contribution is 2.32. The highest BCUT2D eigenvalue weighted by Gasteiger charge is 2.15. The van der Waals surface area contributed by atoms with Gasteiger partial charge in [0, 0.05) is 7.05 Å². The van der Waals surface area contributed by atoms with Crippen LogP contribution in [0, 0.1) is 6.92 Å². The fourth-order valence-corrected chi connectivity index (χ4v) is 1.63. The van der Waals surface area contributed by atoms with E-state index in [2.05, 4.69) is 4.74 Å². The SMILES string of the molecule is COC(=O)N(C)c1cc(Cl)c(OC)cc1C. The van der Waals surface area contributed by atoms with Crippen molar-refractivity contribution in [2.75, 3.05) is 26.2 Å². The van der Waals surface area contributed by atoms with Crippen molar-refractivity contribution >= 4 is 23.4 Å². The Labute approximate surface area is 99.7 Å². The van der Waals surface area contributed by atoms with Gasteiger partial charge in [0.25, 0.3) is 0 Å². The van der Waals surface area contributed by atoms with Gasteiger partial charge in [0.1, 0.15) is 5.75 Å². The van der Waals surface area contributed by atoms with E-state index in [-0.39, 0.29) is 0 Å². The smallest absolute Gasteiger partial charge is 0.413 e. The molecule has 0 atom stereocenters. The maximum atomic E-state index is 11.4. The van der Waals surface area contributed by atoms with Crippen LogP contribution in [0.1, 0.15) is 5.56 Å². The number of aryl methyl sites for hydroxylation is 1. The fraction of sp³-hybridized carbons (Fsp3) is 0.364. The zero-order valence-electron chi connectivity index (χ0n) is 9.70. The van der Waals surface area contributed by atoms with Gasteiger partial charge in [0.15, 0.2) is 0 Å². The van der Waals surface area contributed by atoms with Gasteiger partial charge in [-0.3, -0.25) is 4.90 Å². The number of rotatable bonds is 2. The molecular formula is C11H14ClNO3. The lowest BCUT2D eigenvalue weighted by Gasteiger charge is -2.19. The van der Waals surface area contributed by atoms with Gasteiger partial charge in [-0.2, -0.15) is 0 Å². The van der Waals surface area contributed by atoms with Crippen LogP contribution in [0.25, 0.3) is 0 Å². The van der Waals surface area contributed by atoms with Crippen LogP contribution in [-0.2, 0) is 4.74 Å². The van der Waals surface area contributed by atoms with Crippen LogP contribution >= 0.6 is 11.6 Å². The zero-order chi connectivity index (χ0) is 12.3. The number of ether oxygens (including phenoxy) is 2. The number of hydrogen-bond donors (Lipinski definition) is 0. The molecule has 16 heavy (non-hydrogen) atoms. The molecule has 0 heterocycles. The Bertz CT molecular complexity index is 406. The van der Waals surface area contributed by atoms with Crippen molar-refractivity contribution in [2.45, 2.75) is 6.92 Å². The molecule has 0 saturated heterocycles. The van der Waals surface area contributed by atoms with Crippen LogP contribution in [0.2, 0.25) is 5.02 Å². The molecule has 88 valence electrons. The summed E-state index contributed by atoms with van der Waals surface area (Å²) in [6.45, 7) is 1.87. The van der Waals surface area contributed by atoms with Crippen molar-refractivity contribution in [2.24, 2.45) is 0 Å². The lowest BCUT2D eigenvalue weighted by atomic mass is 10.2. The fourth-order valence-electron chi connectivity index (χ4n) is 1.40. The van der Waals surface area contributed by atoms with Gasteiger partial charge in [-0.1, -0.05) is 11.6 Å². The molecule has 5 heteroatoms. The quantitative estimate of drug-likeness (QED) is 0.802. The molecule has 0 saturated carbocycles. The minimum absolute atomic E-state index is 0.440. The Hall–Kier alpha value is -1.42. The Morgan fingerprint density at radius 1 is 1.38 bits per heavy atom. The van der Waals surface area contributed by atoms with Gasteiger partial charge in [0.05, 0.1) is 24.9 Å². The number of halogens is 1. The zero-order valence-corrected chi connectivity index (χ0v) is 10.5. The Morgan fingerprint density at radius 2 is 2.00 bits per heavy atom. The second-order valence-electron chi connectivity index (χ2n) is 3.30. The Balaban J connectivity index is 3.15. The maximum absolute atomic E-state index is 11.4. The van der Waals surface area contributed by atoms with E-state index in [4.69, 9.17) is 16.3 Å². The molecule has 0 fully saturated rings. The predicted molar refractivity (Wildman–Crippen MR) is 63.5 cm³/mol. The molecule has 4 nitrogen and oxygen atoms in total. The highest BCUT2D eigenvalue weighted by molar-refractivity contribution is 6.32. The minimum Gasteiger partial charge on any atom is -0.495 e. The Kier molecular flexibility index (Phi) is 4.01. The van der Waals surface area contributed by atoms with Gasteiger partial charge >= 0.3 is 6.09 Å². The number of hydrogen-bond acceptors (Lipinski definition) is 3. The average molecular weight is 244 g/mol. The lowest BCUT2D eigenvalue weighted by molar-refractivity contribution is 0.180. The maximum Gasteiger partial charge on any atom is 0.413 e. The highest BCUT2D eigenvalue weighted by atomic mass is 35.5. The number of nitrogens with zero attached hydrogens (tertiary/aromatic N) is 1. The predicted octanol–water partition coefficient (Wildman–Crippen LogP) is 2.86. The normalized spacial score (nSPS) is 9.81. The van der Waals surface area contributed by atoms with Gasteiger partial charge in [-0.15, -0.1) is 0 Å². The van der Waals surface area contributed by atoms with Crippen LogP contribution in [0.4, 0.5) is 10.5 Å². The van der Waals surface area contributed by atoms with Crippen LogP contribution in [0.15, 0.2) is 12.1 Å². The standard InChI is InChI=1S/C11H14ClNO3/c1-7-5-10(15-3)8(12)6-9(7)13(2)11(14)16-4/h5-6H,1-4H3. The number of benzene rings is 1. The molecule has 0 aliphatic rings. The summed E-state index contributed by atoms with van der Waals surface area (Å²) >= 11 is 5.99. The van der Waals surface area contributed by atoms with Crippen molar-refractivity contribution in [3.63, 3.8) is 0 Å². The summed E-state index contributed by atoms with van der Waals surface area (Å²) in [5.74, 6) is 0.584. The molecule has 0 aliphatic carbocycles. The largest absolute Gasteiger partial charge is 0.495 e. The summed E-state index contributed by atoms with van der Waals surface area (Å²) in [4.78, 5) is 12.7. The summed E-state index contributed by atoms with van der Waals surface area (Å²) in [6, 6.07) is 3.45. The number of amides is 1. The molecular weight excluding hydrogens is 230 g/mol. The summed E-state index contributed by atoms with van der Waals surface area (Å²) < 4.78 is 9.71. The first-order valence-corrected chi connectivity index (χ1v) is 5.04. The topological polar surface area (TPSA) is 38.8 Å². The second-order valence-corrected chi connectivity index (χ2v) is 3.71. The van der Waals surface area contributed by atoms with E-state index in [0.717, 1.165) is 5.56 Å². The van der Waals surface area contributed by atoms with E-state index < -0.39 is 6.09 Å². The number of anilines is 1. The summed E-state index contributed by atoms with van der Waals surface area (Å²) in [5.41, 5.74) is 1.58. The second kappa shape index (κ2) is 5.07. The van der Waals surface area contributed by atoms with E-state index in [1.165, 1.54) is 12.0 Å². The van der Waals surface area contributed by atoms with Crippen molar-refractivity contribution in [1.29, 1.82) is 0 Å². The molecule has 1 rings (SSSR count). The molecule has 0 aliphatic heterocycles. The molecule has 0 radical (unpaired) electrons. The third kappa shape index (κ3) is 2.39. The van der Waals surface area contributed by atoms with E-state index in [0.29, 0.717) is 16.5 Å². The van der Waals surface area contributed by atoms with Gasteiger partial charge in [-0.25, -0.2) is 4.79 Å². The first kappa shape index (κ1) is 12.6.